The second-order valence-electron chi connectivity index (χ2n) is 6.63. The molecule has 2 N–H and O–H groups in total. The van der Waals surface area contributed by atoms with Gasteiger partial charge >= 0.3 is 12.1 Å². The molecule has 0 spiro atoms. The van der Waals surface area contributed by atoms with Crippen molar-refractivity contribution in [1.29, 1.82) is 0 Å². The summed E-state index contributed by atoms with van der Waals surface area (Å²) in [7, 11) is 0.958. The van der Waals surface area contributed by atoms with Gasteiger partial charge in [0.2, 0.25) is 0 Å². The molecule has 0 radical (unpaired) electrons. The van der Waals surface area contributed by atoms with Gasteiger partial charge in [-0.25, -0.2) is 4.39 Å². The standard InChI is InChI=1S/C19H13Cl3F4N2O2/c1-30-17(29)14-16(8-2-3-12(23)13(27)4-8)28-7-18(14,19(24,25)26)9-5-10(20)15(22)11(21)6-9/h2-7,14,16H,27H2,1H3. The van der Waals surface area contributed by atoms with E-state index in [0.29, 0.717) is 6.21 Å². The molecule has 1 heterocycles. The normalized spacial score (nSPS) is 23.6. The number of esters is 1. The summed E-state index contributed by atoms with van der Waals surface area (Å²) in [6, 6.07) is 3.92. The Hall–Kier alpha value is -2.03. The number of alkyl halides is 3. The van der Waals surface area contributed by atoms with Gasteiger partial charge in [-0.05, 0) is 35.4 Å². The highest BCUT2D eigenvalue weighted by Crippen LogP contribution is 2.55. The van der Waals surface area contributed by atoms with Gasteiger partial charge in [0.25, 0.3) is 0 Å². The van der Waals surface area contributed by atoms with Crippen molar-refractivity contribution in [3.05, 3.63) is 62.3 Å². The molecular formula is C19H13Cl3F4N2O2. The maximum Gasteiger partial charge on any atom is 0.404 e. The van der Waals surface area contributed by atoms with E-state index in [4.69, 9.17) is 40.5 Å². The van der Waals surface area contributed by atoms with Crippen LogP contribution < -0.4 is 5.73 Å². The van der Waals surface area contributed by atoms with Gasteiger partial charge in [-0.15, -0.1) is 0 Å². The molecule has 30 heavy (non-hydrogen) atoms. The Balaban J connectivity index is 2.28. The number of methoxy groups -OCH3 is 1. The quantitative estimate of drug-likeness (QED) is 0.260. The van der Waals surface area contributed by atoms with Crippen LogP contribution in [0.15, 0.2) is 35.3 Å². The van der Waals surface area contributed by atoms with Crippen LogP contribution in [-0.4, -0.2) is 25.5 Å². The number of hydrogen-bond donors (Lipinski definition) is 1. The van der Waals surface area contributed by atoms with Crippen LogP contribution in [-0.2, 0) is 14.9 Å². The largest absolute Gasteiger partial charge is 0.469 e. The molecule has 3 atom stereocenters. The fraction of sp³-hybridized carbons (Fsp3) is 0.263. The SMILES string of the molecule is COC(=O)C1C(c2ccc(F)c(N)c2)N=CC1(c1cc(Cl)c(Cl)c(Cl)c1)C(F)(F)F. The molecule has 0 saturated carbocycles. The first-order valence-corrected chi connectivity index (χ1v) is 9.46. The monoisotopic (exact) mass is 482 g/mol. The molecule has 0 amide bonds. The lowest BCUT2D eigenvalue weighted by molar-refractivity contribution is -0.191. The molecule has 0 fully saturated rings. The van der Waals surface area contributed by atoms with E-state index in [9.17, 15) is 22.4 Å². The molecule has 160 valence electrons. The van der Waals surface area contributed by atoms with Crippen molar-refractivity contribution >= 4 is 52.7 Å². The summed E-state index contributed by atoms with van der Waals surface area (Å²) in [4.78, 5) is 16.6. The molecule has 3 rings (SSSR count). The number of rotatable bonds is 3. The Labute approximate surface area is 183 Å². The molecule has 1 aliphatic heterocycles. The number of nitrogens with two attached hydrogens (primary N) is 1. The fourth-order valence-electron chi connectivity index (χ4n) is 3.54. The lowest BCUT2D eigenvalue weighted by Crippen LogP contribution is -2.51. The Morgan fingerprint density at radius 2 is 1.77 bits per heavy atom. The fourth-order valence-corrected chi connectivity index (χ4v) is 4.14. The van der Waals surface area contributed by atoms with E-state index < -0.39 is 40.9 Å². The summed E-state index contributed by atoms with van der Waals surface area (Å²) in [5, 5.41) is -0.588. The van der Waals surface area contributed by atoms with Crippen LogP contribution in [0.5, 0.6) is 0 Å². The molecule has 2 aromatic rings. The second-order valence-corrected chi connectivity index (χ2v) is 7.82. The van der Waals surface area contributed by atoms with Crippen LogP contribution in [0.25, 0.3) is 0 Å². The number of nitrogen functional groups attached to an aromatic ring is 1. The number of carbonyl (C=O) groups excluding carboxylic acids is 1. The van der Waals surface area contributed by atoms with Gasteiger partial charge in [-0.1, -0.05) is 40.9 Å². The molecule has 0 bridgehead atoms. The molecule has 0 aromatic heterocycles. The van der Waals surface area contributed by atoms with Crippen molar-refractivity contribution in [1.82, 2.24) is 0 Å². The van der Waals surface area contributed by atoms with Crippen LogP contribution in [0.4, 0.5) is 23.2 Å². The lowest BCUT2D eigenvalue weighted by Gasteiger charge is -2.36. The second kappa shape index (κ2) is 7.90. The van der Waals surface area contributed by atoms with E-state index in [1.807, 2.05) is 0 Å². The van der Waals surface area contributed by atoms with E-state index in [-0.39, 0.29) is 26.3 Å². The van der Waals surface area contributed by atoms with Crippen molar-refractivity contribution in [2.24, 2.45) is 10.9 Å². The third-order valence-corrected chi connectivity index (χ3v) is 6.19. The van der Waals surface area contributed by atoms with E-state index in [1.165, 1.54) is 6.07 Å². The van der Waals surface area contributed by atoms with Crippen molar-refractivity contribution < 1.29 is 27.1 Å². The number of benzene rings is 2. The van der Waals surface area contributed by atoms with Crippen LogP contribution in [0, 0.1) is 11.7 Å². The van der Waals surface area contributed by atoms with Crippen molar-refractivity contribution in [3.8, 4) is 0 Å². The van der Waals surface area contributed by atoms with Crippen LogP contribution >= 0.6 is 34.8 Å². The van der Waals surface area contributed by atoms with Gasteiger partial charge in [0.15, 0.2) is 0 Å². The Bertz CT molecular complexity index is 1020. The maximum atomic E-state index is 14.5. The van der Waals surface area contributed by atoms with Gasteiger partial charge in [-0.2, -0.15) is 13.2 Å². The number of hydrogen-bond acceptors (Lipinski definition) is 4. The van der Waals surface area contributed by atoms with Crippen LogP contribution in [0.1, 0.15) is 17.2 Å². The summed E-state index contributed by atoms with van der Waals surface area (Å²) in [5.41, 5.74) is 2.00. The number of ether oxygens (including phenoxy) is 1. The third-order valence-electron chi connectivity index (χ3n) is 4.99. The topological polar surface area (TPSA) is 64.7 Å². The Kier molecular flexibility index (Phi) is 5.97. The van der Waals surface area contributed by atoms with Crippen LogP contribution in [0.2, 0.25) is 15.1 Å². The molecular weight excluding hydrogens is 471 g/mol. The number of anilines is 1. The van der Waals surface area contributed by atoms with Crippen LogP contribution in [0.3, 0.4) is 0 Å². The zero-order valence-corrected chi connectivity index (χ0v) is 17.4. The van der Waals surface area contributed by atoms with E-state index in [2.05, 4.69) is 9.73 Å². The van der Waals surface area contributed by atoms with Crippen molar-refractivity contribution in [2.75, 3.05) is 12.8 Å². The smallest absolute Gasteiger partial charge is 0.404 e. The zero-order chi connectivity index (χ0) is 22.4. The van der Waals surface area contributed by atoms with Crippen molar-refractivity contribution in [2.45, 2.75) is 17.6 Å². The van der Waals surface area contributed by atoms with E-state index >= 15 is 0 Å². The zero-order valence-electron chi connectivity index (χ0n) is 15.1. The number of aliphatic imine (C=N–C) groups is 1. The molecule has 1 aliphatic rings. The molecule has 3 unspecified atom stereocenters. The lowest BCUT2D eigenvalue weighted by atomic mass is 9.68. The molecule has 11 heteroatoms. The number of nitrogens with zero attached hydrogens (tertiary/aromatic N) is 1. The first kappa shape index (κ1) is 22.7. The maximum absolute atomic E-state index is 14.5. The summed E-state index contributed by atoms with van der Waals surface area (Å²) < 4.78 is 61.9. The predicted octanol–water partition coefficient (Wildman–Crippen LogP) is 5.78. The first-order chi connectivity index (χ1) is 13.9. The van der Waals surface area contributed by atoms with Gasteiger partial charge < -0.3 is 10.5 Å². The predicted molar refractivity (Wildman–Crippen MR) is 107 cm³/mol. The molecule has 0 aliphatic carbocycles. The Morgan fingerprint density at radius 1 is 1.17 bits per heavy atom. The summed E-state index contributed by atoms with van der Waals surface area (Å²) in [6.45, 7) is 0. The molecule has 2 aromatic carbocycles. The minimum Gasteiger partial charge on any atom is -0.469 e. The van der Waals surface area contributed by atoms with Gasteiger partial charge in [0.05, 0.1) is 33.9 Å². The average molecular weight is 484 g/mol. The van der Waals surface area contributed by atoms with Crippen molar-refractivity contribution in [3.63, 3.8) is 0 Å². The van der Waals surface area contributed by atoms with Gasteiger partial charge in [0.1, 0.15) is 17.2 Å². The first-order valence-electron chi connectivity index (χ1n) is 8.33. The average Bonchev–Trinajstić information content (AvgIpc) is 3.09. The summed E-state index contributed by atoms with van der Waals surface area (Å²) >= 11 is 17.8. The molecule has 4 nitrogen and oxygen atoms in total. The minimum absolute atomic E-state index is 0.109. The highest BCUT2D eigenvalue weighted by molar-refractivity contribution is 6.48. The number of carbonyl (C=O) groups is 1. The highest BCUT2D eigenvalue weighted by Gasteiger charge is 2.67. The minimum atomic E-state index is -5.00. The van der Waals surface area contributed by atoms with Gasteiger partial charge in [-0.3, -0.25) is 9.79 Å². The van der Waals surface area contributed by atoms with Gasteiger partial charge in [0, 0.05) is 6.21 Å². The number of halogens is 7. The van der Waals surface area contributed by atoms with E-state index in [1.54, 1.807) is 0 Å². The third kappa shape index (κ3) is 3.50. The summed E-state index contributed by atoms with van der Waals surface area (Å²) in [5.74, 6) is -3.82. The molecule has 0 saturated heterocycles. The summed E-state index contributed by atoms with van der Waals surface area (Å²) in [6.07, 6.45) is -4.38. The highest BCUT2D eigenvalue weighted by atomic mass is 35.5. The van der Waals surface area contributed by atoms with E-state index in [0.717, 1.165) is 31.4 Å². The Morgan fingerprint density at radius 3 is 2.27 bits per heavy atom.